The molecule has 0 aliphatic carbocycles. The van der Waals surface area contributed by atoms with E-state index in [4.69, 9.17) is 0 Å². The summed E-state index contributed by atoms with van der Waals surface area (Å²) in [6, 6.07) is 13.3. The molecule has 0 fully saturated rings. The lowest BCUT2D eigenvalue weighted by Gasteiger charge is -2.11. The molecule has 0 spiro atoms. The van der Waals surface area contributed by atoms with Gasteiger partial charge in [-0.05, 0) is 88.0 Å². The zero-order valence-electron chi connectivity index (χ0n) is 19.5. The van der Waals surface area contributed by atoms with Crippen LogP contribution in [0.2, 0.25) is 0 Å². The van der Waals surface area contributed by atoms with Gasteiger partial charge in [0.05, 0.1) is 37.9 Å². The molecule has 6 aromatic rings. The van der Waals surface area contributed by atoms with Crippen LogP contribution in [0.5, 0.6) is 0 Å². The summed E-state index contributed by atoms with van der Waals surface area (Å²) in [5, 5.41) is 2.52. The van der Waals surface area contributed by atoms with Gasteiger partial charge in [0.15, 0.2) is 0 Å². The molecule has 0 aliphatic rings. The van der Waals surface area contributed by atoms with E-state index in [9.17, 15) is 0 Å². The molecule has 2 nitrogen and oxygen atoms in total. The van der Waals surface area contributed by atoms with Gasteiger partial charge in [-0.3, -0.25) is 0 Å². The summed E-state index contributed by atoms with van der Waals surface area (Å²) < 4.78 is 9.83. The SMILES string of the molecule is CN(C)c1ccc2c(Br)c(-c3sc4c(Br)c(-c5sc6cc(N(C)C)ccc6c5Br)sc4c3Br)sc2c1. The third-order valence-electron chi connectivity index (χ3n) is 6.08. The van der Waals surface area contributed by atoms with Gasteiger partial charge < -0.3 is 9.80 Å². The predicted molar refractivity (Wildman–Crippen MR) is 181 cm³/mol. The normalized spacial score (nSPS) is 11.9. The van der Waals surface area contributed by atoms with Crippen molar-refractivity contribution in [3.63, 3.8) is 0 Å². The van der Waals surface area contributed by atoms with E-state index in [2.05, 4.69) is 138 Å². The molecule has 0 radical (unpaired) electrons. The van der Waals surface area contributed by atoms with Crippen molar-refractivity contribution in [2.45, 2.75) is 0 Å². The number of benzene rings is 2. The van der Waals surface area contributed by atoms with Crippen LogP contribution in [0.1, 0.15) is 0 Å². The number of hydrogen-bond donors (Lipinski definition) is 0. The van der Waals surface area contributed by atoms with Crippen LogP contribution in [0.3, 0.4) is 0 Å². The second-order valence-electron chi connectivity index (χ2n) is 8.79. The second-order valence-corrected chi connectivity index (χ2v) is 16.1. The number of hydrogen-bond acceptors (Lipinski definition) is 6. The standard InChI is InChI=1S/C26H18Br4N2S4/c1-31(2)11-5-7-13-15(9-11)33-21(17(13)27)23-19(29)25-26(35-23)20(30)24(36-25)22-18(28)14-8-6-12(32(3)4)10-16(14)34-22/h5-10H,1-4H3. The minimum atomic E-state index is 1.17. The van der Waals surface area contributed by atoms with Crippen molar-refractivity contribution in [1.82, 2.24) is 0 Å². The molecule has 0 atom stereocenters. The fourth-order valence-corrected chi connectivity index (χ4v) is 13.5. The van der Waals surface area contributed by atoms with Crippen molar-refractivity contribution in [1.29, 1.82) is 0 Å². The Hall–Kier alpha value is -0.460. The van der Waals surface area contributed by atoms with Crippen LogP contribution in [0.4, 0.5) is 11.4 Å². The maximum absolute atomic E-state index is 3.98. The monoisotopic (exact) mass is 802 g/mol. The third kappa shape index (κ3) is 4.06. The van der Waals surface area contributed by atoms with Crippen LogP contribution in [0.25, 0.3) is 49.1 Å². The van der Waals surface area contributed by atoms with Crippen LogP contribution in [-0.2, 0) is 0 Å². The number of rotatable bonds is 4. The molecule has 2 aromatic carbocycles. The Balaban J connectivity index is 1.48. The summed E-state index contributed by atoms with van der Waals surface area (Å²) in [6.07, 6.45) is 0. The summed E-state index contributed by atoms with van der Waals surface area (Å²) in [6.45, 7) is 0. The fourth-order valence-electron chi connectivity index (χ4n) is 4.13. The van der Waals surface area contributed by atoms with Gasteiger partial charge >= 0.3 is 0 Å². The fraction of sp³-hybridized carbons (Fsp3) is 0.154. The maximum Gasteiger partial charge on any atom is 0.0618 e. The average molecular weight is 806 g/mol. The van der Waals surface area contributed by atoms with E-state index in [0.717, 1.165) is 0 Å². The first-order valence-electron chi connectivity index (χ1n) is 10.9. The lowest BCUT2D eigenvalue weighted by atomic mass is 10.2. The Kier molecular flexibility index (Phi) is 6.90. The highest BCUT2D eigenvalue weighted by molar-refractivity contribution is 9.11. The number of nitrogens with zero attached hydrogens (tertiary/aromatic N) is 2. The van der Waals surface area contributed by atoms with Crippen molar-refractivity contribution in [3.8, 4) is 19.5 Å². The molecule has 0 saturated carbocycles. The number of thiophene rings is 4. The lowest BCUT2D eigenvalue weighted by Crippen LogP contribution is -2.07. The number of halogens is 4. The van der Waals surface area contributed by atoms with Gasteiger partial charge in [-0.15, -0.1) is 45.3 Å². The van der Waals surface area contributed by atoms with Crippen molar-refractivity contribution in [2.75, 3.05) is 38.0 Å². The zero-order valence-corrected chi connectivity index (χ0v) is 29.1. The highest BCUT2D eigenvalue weighted by Crippen LogP contribution is 2.57. The molecule has 0 saturated heterocycles. The van der Waals surface area contributed by atoms with Gasteiger partial charge in [0.2, 0.25) is 0 Å². The van der Waals surface area contributed by atoms with E-state index < -0.39 is 0 Å². The first-order chi connectivity index (χ1) is 17.2. The van der Waals surface area contributed by atoms with Gasteiger partial charge in [-0.25, -0.2) is 0 Å². The van der Waals surface area contributed by atoms with E-state index >= 15 is 0 Å². The van der Waals surface area contributed by atoms with Crippen LogP contribution in [-0.4, -0.2) is 28.2 Å². The molecule has 0 N–H and O–H groups in total. The van der Waals surface area contributed by atoms with Gasteiger partial charge in [-0.2, -0.15) is 0 Å². The summed E-state index contributed by atoms with van der Waals surface area (Å²) in [5.41, 5.74) is 2.43. The average Bonchev–Trinajstić information content (AvgIpc) is 3.55. The molecule has 4 heterocycles. The van der Waals surface area contributed by atoms with Crippen molar-refractivity contribution >= 4 is 150 Å². The molecule has 10 heteroatoms. The van der Waals surface area contributed by atoms with Crippen LogP contribution < -0.4 is 9.80 Å². The smallest absolute Gasteiger partial charge is 0.0618 e. The molecule has 6 rings (SSSR count). The largest absolute Gasteiger partial charge is 0.378 e. The molecule has 0 amide bonds. The van der Waals surface area contributed by atoms with E-state index in [-0.39, 0.29) is 0 Å². The summed E-state index contributed by atoms with van der Waals surface area (Å²) in [7, 11) is 8.33. The Morgan fingerprint density at radius 1 is 0.500 bits per heavy atom. The minimum absolute atomic E-state index is 1.17. The molecule has 0 aliphatic heterocycles. The van der Waals surface area contributed by atoms with Crippen LogP contribution in [0, 0.1) is 0 Å². The quantitative estimate of drug-likeness (QED) is 0.175. The zero-order chi connectivity index (χ0) is 25.5. The molecule has 0 unspecified atom stereocenters. The van der Waals surface area contributed by atoms with Gasteiger partial charge in [0, 0.05) is 68.7 Å². The van der Waals surface area contributed by atoms with E-state index in [0.29, 0.717) is 0 Å². The summed E-state index contributed by atoms with van der Waals surface area (Å²) in [5.74, 6) is 0. The highest BCUT2D eigenvalue weighted by Gasteiger charge is 2.25. The van der Waals surface area contributed by atoms with Crippen LogP contribution in [0.15, 0.2) is 54.3 Å². The van der Waals surface area contributed by atoms with Gasteiger partial charge in [-0.1, -0.05) is 12.1 Å². The predicted octanol–water partition coefficient (Wildman–Crippen LogP) is 11.9. The molecular weight excluding hydrogens is 788 g/mol. The summed E-state index contributed by atoms with van der Waals surface area (Å²) >= 11 is 23.2. The van der Waals surface area contributed by atoms with E-state index in [1.54, 1.807) is 0 Å². The topological polar surface area (TPSA) is 6.48 Å². The molecular formula is C26H18Br4N2S4. The highest BCUT2D eigenvalue weighted by atomic mass is 79.9. The first kappa shape index (κ1) is 25.8. The Bertz CT molecular complexity index is 1670. The molecule has 184 valence electrons. The third-order valence-corrected chi connectivity index (χ3v) is 16.1. The molecule has 4 aromatic heterocycles. The van der Waals surface area contributed by atoms with Crippen molar-refractivity contribution < 1.29 is 0 Å². The number of fused-ring (bicyclic) bond motifs is 3. The summed E-state index contributed by atoms with van der Waals surface area (Å²) in [4.78, 5) is 9.39. The Labute approximate surface area is 259 Å². The van der Waals surface area contributed by atoms with Gasteiger partial charge in [0.1, 0.15) is 0 Å². The Morgan fingerprint density at radius 2 is 0.861 bits per heavy atom. The lowest BCUT2D eigenvalue weighted by molar-refractivity contribution is 1.14. The first-order valence-corrected chi connectivity index (χ1v) is 17.3. The Morgan fingerprint density at radius 3 is 1.22 bits per heavy atom. The molecule has 0 bridgehead atoms. The minimum Gasteiger partial charge on any atom is -0.378 e. The maximum atomic E-state index is 3.98. The van der Waals surface area contributed by atoms with E-state index in [1.807, 2.05) is 45.3 Å². The van der Waals surface area contributed by atoms with Gasteiger partial charge in [0.25, 0.3) is 0 Å². The molecule has 36 heavy (non-hydrogen) atoms. The van der Waals surface area contributed by atoms with Crippen molar-refractivity contribution in [2.24, 2.45) is 0 Å². The van der Waals surface area contributed by atoms with E-state index in [1.165, 1.54) is 78.3 Å². The second kappa shape index (κ2) is 9.62. The number of anilines is 2. The van der Waals surface area contributed by atoms with Crippen LogP contribution >= 0.6 is 109 Å². The van der Waals surface area contributed by atoms with Crippen molar-refractivity contribution in [3.05, 3.63) is 54.3 Å².